The lowest BCUT2D eigenvalue weighted by molar-refractivity contribution is -0.126. The highest BCUT2D eigenvalue weighted by Gasteiger charge is 2.61. The zero-order valence-electron chi connectivity index (χ0n) is 19.9. The topological polar surface area (TPSA) is 76.2 Å². The number of methoxy groups -OCH3 is 1. The van der Waals surface area contributed by atoms with Gasteiger partial charge in [0.05, 0.1) is 24.4 Å². The fourth-order valence-electron chi connectivity index (χ4n) is 4.80. The van der Waals surface area contributed by atoms with Crippen molar-refractivity contribution in [3.05, 3.63) is 79.6 Å². The average molecular weight is 545 g/mol. The lowest BCUT2D eigenvalue weighted by atomic mass is 9.90. The van der Waals surface area contributed by atoms with Crippen LogP contribution in [-0.4, -0.2) is 31.0 Å². The van der Waals surface area contributed by atoms with Crippen molar-refractivity contribution in [1.29, 1.82) is 0 Å². The Labute approximate surface area is 222 Å². The summed E-state index contributed by atoms with van der Waals surface area (Å²) >= 11 is 14.0. The van der Waals surface area contributed by atoms with E-state index in [1.165, 1.54) is 18.4 Å². The zero-order chi connectivity index (χ0) is 25.9. The van der Waals surface area contributed by atoms with E-state index in [-0.39, 0.29) is 10.6 Å². The maximum Gasteiger partial charge on any atom is 0.341 e. The van der Waals surface area contributed by atoms with Crippen LogP contribution >= 0.6 is 34.5 Å². The average Bonchev–Trinajstić information content (AvgIpc) is 3.44. The molecule has 2 aliphatic heterocycles. The minimum atomic E-state index is -1.10. The van der Waals surface area contributed by atoms with E-state index in [9.17, 15) is 14.4 Å². The number of hydrogen-bond donors (Lipinski definition) is 0. The van der Waals surface area contributed by atoms with Crippen molar-refractivity contribution in [2.24, 2.45) is 5.92 Å². The molecule has 2 aromatic carbocycles. The summed E-state index contributed by atoms with van der Waals surface area (Å²) < 4.78 is 4.95. The summed E-state index contributed by atoms with van der Waals surface area (Å²) in [6.45, 7) is 5.51. The highest BCUT2D eigenvalue weighted by molar-refractivity contribution is 7.17. The Morgan fingerprint density at radius 3 is 2.44 bits per heavy atom. The molecule has 0 spiro atoms. The van der Waals surface area contributed by atoms with Gasteiger partial charge in [-0.15, -0.1) is 11.3 Å². The van der Waals surface area contributed by atoms with Crippen molar-refractivity contribution in [3.63, 3.8) is 0 Å². The number of imide groups is 1. The van der Waals surface area contributed by atoms with Crippen molar-refractivity contribution in [2.45, 2.75) is 32.9 Å². The van der Waals surface area contributed by atoms with Gasteiger partial charge in [0.1, 0.15) is 10.9 Å². The largest absolute Gasteiger partial charge is 0.465 e. The molecule has 0 unspecified atom stereocenters. The van der Waals surface area contributed by atoms with Crippen LogP contribution in [-0.2, 0) is 19.2 Å². The van der Waals surface area contributed by atoms with Crippen molar-refractivity contribution in [3.8, 4) is 0 Å². The number of fused-ring (bicyclic) bond motifs is 1. The molecule has 7 nitrogen and oxygen atoms in total. The molecule has 186 valence electrons. The summed E-state index contributed by atoms with van der Waals surface area (Å²) in [5.41, 5.74) is 3.10. The number of carbonyl (C=O) groups excluding carboxylic acids is 3. The number of carbonyl (C=O) groups is 3. The molecule has 1 aromatic heterocycles. The van der Waals surface area contributed by atoms with Gasteiger partial charge in [0, 0.05) is 14.9 Å². The molecule has 0 bridgehead atoms. The zero-order valence-corrected chi connectivity index (χ0v) is 22.2. The maximum absolute atomic E-state index is 14.0. The van der Waals surface area contributed by atoms with Crippen LogP contribution in [0.1, 0.15) is 38.0 Å². The number of para-hydroxylation sites is 1. The van der Waals surface area contributed by atoms with Gasteiger partial charge in [0.2, 0.25) is 5.91 Å². The van der Waals surface area contributed by atoms with Crippen LogP contribution in [0.15, 0.2) is 42.5 Å². The third-order valence-electron chi connectivity index (χ3n) is 6.71. The molecule has 3 atom stereocenters. The maximum atomic E-state index is 14.0. The fourth-order valence-corrected chi connectivity index (χ4v) is 6.48. The third kappa shape index (κ3) is 3.71. The van der Waals surface area contributed by atoms with Crippen molar-refractivity contribution in [2.75, 3.05) is 17.1 Å². The van der Waals surface area contributed by atoms with Crippen molar-refractivity contribution in [1.82, 2.24) is 0 Å². The molecule has 0 saturated carbocycles. The number of thiophene rings is 1. The normalized spacial score (nSPS) is 21.3. The highest BCUT2D eigenvalue weighted by Crippen LogP contribution is 2.51. The summed E-state index contributed by atoms with van der Waals surface area (Å²) in [4.78, 5) is 48.4. The number of hydroxylamine groups is 1. The minimum absolute atomic E-state index is 0.207. The van der Waals surface area contributed by atoms with Gasteiger partial charge in [-0.3, -0.25) is 14.4 Å². The van der Waals surface area contributed by atoms with Gasteiger partial charge in [0.25, 0.3) is 5.91 Å². The number of anilines is 2. The first-order valence-electron chi connectivity index (χ1n) is 11.2. The fraction of sp³-hybridized carbons (Fsp3) is 0.269. The summed E-state index contributed by atoms with van der Waals surface area (Å²) in [5, 5.41) is 2.64. The van der Waals surface area contributed by atoms with E-state index >= 15 is 0 Å². The van der Waals surface area contributed by atoms with Gasteiger partial charge >= 0.3 is 5.97 Å². The molecular formula is C26H22Cl2N2O5S. The molecule has 2 fully saturated rings. The van der Waals surface area contributed by atoms with Gasteiger partial charge in [0.15, 0.2) is 6.10 Å². The Morgan fingerprint density at radius 1 is 1.06 bits per heavy atom. The SMILES string of the molecule is COC(=O)c1c(N2C(=O)[C@@H]3[C@H](ON(c4ccccc4C)[C@H]3c3ccc(Cl)cc3Cl)C2=O)sc(C)c1C. The molecule has 2 amide bonds. The smallest absolute Gasteiger partial charge is 0.341 e. The highest BCUT2D eigenvalue weighted by atomic mass is 35.5. The lowest BCUT2D eigenvalue weighted by Gasteiger charge is -2.30. The predicted octanol–water partition coefficient (Wildman–Crippen LogP) is 5.82. The van der Waals surface area contributed by atoms with E-state index < -0.39 is 35.8 Å². The first-order chi connectivity index (χ1) is 17.1. The molecule has 0 radical (unpaired) electrons. The Balaban J connectivity index is 1.65. The van der Waals surface area contributed by atoms with Gasteiger partial charge in [-0.2, -0.15) is 0 Å². The molecule has 2 saturated heterocycles. The van der Waals surface area contributed by atoms with Crippen LogP contribution in [0, 0.1) is 26.7 Å². The van der Waals surface area contributed by atoms with Crippen molar-refractivity contribution >= 4 is 63.0 Å². The summed E-state index contributed by atoms with van der Waals surface area (Å²) in [6, 6.07) is 11.9. The van der Waals surface area contributed by atoms with E-state index in [0.29, 0.717) is 26.9 Å². The molecule has 3 heterocycles. The van der Waals surface area contributed by atoms with E-state index in [1.807, 2.05) is 38.1 Å². The summed E-state index contributed by atoms with van der Waals surface area (Å²) in [6.07, 6.45) is -1.10. The molecule has 10 heteroatoms. The molecule has 2 aliphatic rings. The van der Waals surface area contributed by atoms with E-state index in [4.69, 9.17) is 32.8 Å². The molecule has 0 aliphatic carbocycles. The molecular weight excluding hydrogens is 523 g/mol. The second kappa shape index (κ2) is 9.19. The lowest BCUT2D eigenvalue weighted by Crippen LogP contribution is -2.38. The van der Waals surface area contributed by atoms with Crippen LogP contribution in [0.25, 0.3) is 0 Å². The van der Waals surface area contributed by atoms with E-state index in [2.05, 4.69) is 0 Å². The van der Waals surface area contributed by atoms with Crippen LogP contribution in [0.5, 0.6) is 0 Å². The van der Waals surface area contributed by atoms with Crippen LogP contribution in [0.4, 0.5) is 10.7 Å². The number of amides is 2. The van der Waals surface area contributed by atoms with Gasteiger partial charge in [-0.05, 0) is 55.7 Å². The van der Waals surface area contributed by atoms with Gasteiger partial charge in [-0.1, -0.05) is 47.5 Å². The quantitative estimate of drug-likeness (QED) is 0.304. The predicted molar refractivity (Wildman–Crippen MR) is 139 cm³/mol. The Bertz CT molecular complexity index is 1420. The monoisotopic (exact) mass is 544 g/mol. The second-order valence-electron chi connectivity index (χ2n) is 8.74. The molecule has 36 heavy (non-hydrogen) atoms. The molecule has 0 N–H and O–H groups in total. The number of aryl methyl sites for hydroxylation is 2. The molecule has 3 aromatic rings. The number of ether oxygens (including phenoxy) is 1. The number of rotatable bonds is 4. The number of benzene rings is 2. The Morgan fingerprint density at radius 2 is 1.78 bits per heavy atom. The number of nitrogens with zero attached hydrogens (tertiary/aromatic N) is 2. The first-order valence-corrected chi connectivity index (χ1v) is 12.8. The number of halogens is 2. The van der Waals surface area contributed by atoms with E-state index in [1.54, 1.807) is 30.2 Å². The first kappa shape index (κ1) is 24.8. The van der Waals surface area contributed by atoms with Gasteiger partial charge in [-0.25, -0.2) is 14.8 Å². The standard InChI is InChI=1S/C26H22Cl2N2O5S/c1-12-7-5-6-8-18(12)30-21(16-10-9-15(27)11-17(16)28)20-22(35-30)24(32)29(23(20)31)25-19(26(33)34-4)13(2)14(3)36-25/h5-11,20-22H,1-4H3/t20-,21-,22-/m0/s1. The number of hydrogen-bond acceptors (Lipinski definition) is 7. The third-order valence-corrected chi connectivity index (χ3v) is 8.46. The van der Waals surface area contributed by atoms with Crippen LogP contribution in [0.2, 0.25) is 10.0 Å². The summed E-state index contributed by atoms with van der Waals surface area (Å²) in [5.74, 6) is -2.51. The Kier molecular flexibility index (Phi) is 6.32. The Hall–Kier alpha value is -2.91. The van der Waals surface area contributed by atoms with Crippen LogP contribution < -0.4 is 9.96 Å². The van der Waals surface area contributed by atoms with Crippen LogP contribution in [0.3, 0.4) is 0 Å². The second-order valence-corrected chi connectivity index (χ2v) is 10.8. The van der Waals surface area contributed by atoms with Gasteiger partial charge < -0.3 is 4.74 Å². The van der Waals surface area contributed by atoms with Crippen molar-refractivity contribution < 1.29 is 24.0 Å². The minimum Gasteiger partial charge on any atom is -0.465 e. The summed E-state index contributed by atoms with van der Waals surface area (Å²) in [7, 11) is 1.27. The molecule has 5 rings (SSSR count). The van der Waals surface area contributed by atoms with E-state index in [0.717, 1.165) is 15.3 Å². The number of esters is 1.